The largest absolute Gasteiger partial charge is 0.392 e. The van der Waals surface area contributed by atoms with Gasteiger partial charge in [0.05, 0.1) is 18.3 Å². The second-order valence-corrected chi connectivity index (χ2v) is 2.56. The number of rotatable bonds is 1. The quantitative estimate of drug-likeness (QED) is 0.668. The first-order chi connectivity index (χ1) is 5.81. The molecule has 12 heavy (non-hydrogen) atoms. The molecule has 2 N–H and O–H groups in total. The lowest BCUT2D eigenvalue weighted by Gasteiger charge is -1.97. The summed E-state index contributed by atoms with van der Waals surface area (Å²) in [5.74, 6) is -0.354. The predicted molar refractivity (Wildman–Crippen MR) is 42.0 cm³/mol. The van der Waals surface area contributed by atoms with Crippen molar-refractivity contribution in [2.24, 2.45) is 0 Å². The Kier molecular flexibility index (Phi) is 1.55. The molecule has 0 fully saturated rings. The van der Waals surface area contributed by atoms with E-state index in [1.54, 1.807) is 0 Å². The minimum atomic E-state index is -0.354. The van der Waals surface area contributed by atoms with Crippen molar-refractivity contribution < 1.29 is 9.50 Å². The Morgan fingerprint density at radius 3 is 3.08 bits per heavy atom. The van der Waals surface area contributed by atoms with Crippen LogP contribution in [0.25, 0.3) is 10.9 Å². The van der Waals surface area contributed by atoms with Crippen molar-refractivity contribution in [3.8, 4) is 0 Å². The molecule has 0 saturated heterocycles. The second-order valence-electron chi connectivity index (χ2n) is 2.56. The Bertz CT molecular complexity index is 410. The van der Waals surface area contributed by atoms with Crippen LogP contribution in [0.4, 0.5) is 4.39 Å². The number of hydrogen-bond donors (Lipinski definition) is 2. The number of fused-ring (bicyclic) bond motifs is 1. The summed E-state index contributed by atoms with van der Waals surface area (Å²) in [5.41, 5.74) is 1.22. The maximum Gasteiger partial charge on any atom is 0.124 e. The molecule has 2 rings (SSSR count). The van der Waals surface area contributed by atoms with Crippen LogP contribution in [0.2, 0.25) is 0 Å². The van der Waals surface area contributed by atoms with Gasteiger partial charge in [-0.15, -0.1) is 0 Å². The molecule has 0 bridgehead atoms. The van der Waals surface area contributed by atoms with Gasteiger partial charge in [-0.3, -0.25) is 5.10 Å². The van der Waals surface area contributed by atoms with Gasteiger partial charge in [0.25, 0.3) is 0 Å². The molecule has 0 saturated carbocycles. The summed E-state index contributed by atoms with van der Waals surface area (Å²) in [6.45, 7) is -0.184. The summed E-state index contributed by atoms with van der Waals surface area (Å²) in [7, 11) is 0. The highest BCUT2D eigenvalue weighted by Gasteiger charge is 2.04. The fraction of sp³-hybridized carbons (Fsp3) is 0.125. The molecule has 4 heteroatoms. The van der Waals surface area contributed by atoms with Gasteiger partial charge in [-0.25, -0.2) is 4.39 Å². The van der Waals surface area contributed by atoms with Crippen LogP contribution < -0.4 is 0 Å². The summed E-state index contributed by atoms with van der Waals surface area (Å²) >= 11 is 0. The molecule has 0 radical (unpaired) electrons. The molecule has 0 atom stereocenters. The van der Waals surface area contributed by atoms with Crippen molar-refractivity contribution in [2.75, 3.05) is 0 Å². The van der Waals surface area contributed by atoms with E-state index in [1.807, 2.05) is 0 Å². The van der Waals surface area contributed by atoms with E-state index >= 15 is 0 Å². The van der Waals surface area contributed by atoms with E-state index in [1.165, 1.54) is 18.3 Å². The van der Waals surface area contributed by atoms with Crippen LogP contribution in [-0.4, -0.2) is 15.3 Å². The highest BCUT2D eigenvalue weighted by atomic mass is 19.1. The van der Waals surface area contributed by atoms with Gasteiger partial charge in [0.1, 0.15) is 5.82 Å². The van der Waals surface area contributed by atoms with E-state index < -0.39 is 0 Å². The van der Waals surface area contributed by atoms with Crippen molar-refractivity contribution in [1.82, 2.24) is 10.2 Å². The zero-order valence-electron chi connectivity index (χ0n) is 6.21. The van der Waals surface area contributed by atoms with Crippen LogP contribution in [0, 0.1) is 5.82 Å². The molecular weight excluding hydrogens is 159 g/mol. The van der Waals surface area contributed by atoms with Crippen LogP contribution in [0.15, 0.2) is 18.3 Å². The fourth-order valence-corrected chi connectivity index (χ4v) is 1.22. The van der Waals surface area contributed by atoms with E-state index in [-0.39, 0.29) is 12.4 Å². The molecule has 1 aromatic carbocycles. The van der Waals surface area contributed by atoms with Gasteiger partial charge in [0.2, 0.25) is 0 Å². The molecule has 0 spiro atoms. The van der Waals surface area contributed by atoms with E-state index in [9.17, 15) is 4.39 Å². The van der Waals surface area contributed by atoms with Gasteiger partial charge in [0.15, 0.2) is 0 Å². The third kappa shape index (κ3) is 0.967. The number of aliphatic hydroxyl groups excluding tert-OH is 1. The lowest BCUT2D eigenvalue weighted by Crippen LogP contribution is -1.87. The fourth-order valence-electron chi connectivity index (χ4n) is 1.22. The van der Waals surface area contributed by atoms with Crippen LogP contribution in [-0.2, 0) is 6.61 Å². The first-order valence-corrected chi connectivity index (χ1v) is 3.53. The van der Waals surface area contributed by atoms with Gasteiger partial charge in [-0.2, -0.15) is 5.10 Å². The number of nitrogens with zero attached hydrogens (tertiary/aromatic N) is 1. The van der Waals surface area contributed by atoms with Gasteiger partial charge in [-0.1, -0.05) is 0 Å². The zero-order valence-corrected chi connectivity index (χ0v) is 6.21. The Labute approximate surface area is 67.8 Å². The standard InChI is InChI=1S/C8H7FN2O/c9-7-1-5-3-10-11-8(5)6(2-7)4-12/h1-3,12H,4H2,(H,10,11). The van der Waals surface area contributed by atoms with Crippen molar-refractivity contribution in [2.45, 2.75) is 6.61 Å². The van der Waals surface area contributed by atoms with Crippen LogP contribution in [0.3, 0.4) is 0 Å². The second kappa shape index (κ2) is 2.57. The van der Waals surface area contributed by atoms with Crippen molar-refractivity contribution in [3.05, 3.63) is 29.7 Å². The Balaban J connectivity index is 2.80. The minimum Gasteiger partial charge on any atom is -0.392 e. The van der Waals surface area contributed by atoms with Crippen molar-refractivity contribution in [3.63, 3.8) is 0 Å². The third-order valence-electron chi connectivity index (χ3n) is 1.77. The first kappa shape index (κ1) is 7.24. The first-order valence-electron chi connectivity index (χ1n) is 3.53. The molecule has 1 heterocycles. The molecule has 0 unspecified atom stereocenters. The average Bonchev–Trinajstić information content (AvgIpc) is 2.50. The maximum absolute atomic E-state index is 12.8. The number of aromatic nitrogens is 2. The summed E-state index contributed by atoms with van der Waals surface area (Å²) < 4.78 is 12.8. The highest BCUT2D eigenvalue weighted by molar-refractivity contribution is 5.81. The normalized spacial score (nSPS) is 10.8. The molecule has 0 aliphatic rings. The Morgan fingerprint density at radius 2 is 2.33 bits per heavy atom. The predicted octanol–water partition coefficient (Wildman–Crippen LogP) is 1.19. The van der Waals surface area contributed by atoms with Gasteiger partial charge < -0.3 is 5.11 Å². The smallest absolute Gasteiger partial charge is 0.124 e. The van der Waals surface area contributed by atoms with E-state index in [0.717, 1.165) is 0 Å². The lowest BCUT2D eigenvalue weighted by atomic mass is 10.1. The van der Waals surface area contributed by atoms with Crippen LogP contribution in [0.1, 0.15) is 5.56 Å². The van der Waals surface area contributed by atoms with Crippen molar-refractivity contribution >= 4 is 10.9 Å². The monoisotopic (exact) mass is 166 g/mol. The van der Waals surface area contributed by atoms with E-state index in [2.05, 4.69) is 10.2 Å². The third-order valence-corrected chi connectivity index (χ3v) is 1.77. The number of aliphatic hydroxyl groups is 1. The van der Waals surface area contributed by atoms with Gasteiger partial charge in [-0.05, 0) is 12.1 Å². The summed E-state index contributed by atoms with van der Waals surface area (Å²) in [4.78, 5) is 0. The topological polar surface area (TPSA) is 48.9 Å². The summed E-state index contributed by atoms with van der Waals surface area (Å²) in [6, 6.07) is 2.67. The molecule has 1 aromatic heterocycles. The Morgan fingerprint density at radius 1 is 1.50 bits per heavy atom. The van der Waals surface area contributed by atoms with Crippen molar-refractivity contribution in [1.29, 1.82) is 0 Å². The number of nitrogens with one attached hydrogen (secondary N) is 1. The SMILES string of the molecule is OCc1cc(F)cc2cn[nH]c12. The summed E-state index contributed by atoms with van der Waals surface area (Å²) in [6.07, 6.45) is 1.53. The van der Waals surface area contributed by atoms with Gasteiger partial charge >= 0.3 is 0 Å². The highest BCUT2D eigenvalue weighted by Crippen LogP contribution is 2.17. The van der Waals surface area contributed by atoms with Crippen LogP contribution in [0.5, 0.6) is 0 Å². The number of halogens is 1. The molecular formula is C8H7FN2O. The summed E-state index contributed by atoms with van der Waals surface area (Å²) in [5, 5.41) is 16.0. The minimum absolute atomic E-state index is 0.184. The lowest BCUT2D eigenvalue weighted by molar-refractivity contribution is 0.282. The molecule has 0 aliphatic carbocycles. The Hall–Kier alpha value is -1.42. The molecule has 2 aromatic rings. The zero-order chi connectivity index (χ0) is 8.55. The maximum atomic E-state index is 12.8. The molecule has 0 aliphatic heterocycles. The van der Waals surface area contributed by atoms with E-state index in [4.69, 9.17) is 5.11 Å². The van der Waals surface area contributed by atoms with Gasteiger partial charge in [0, 0.05) is 10.9 Å². The molecule has 0 amide bonds. The molecule has 3 nitrogen and oxygen atoms in total. The number of H-pyrrole nitrogens is 1. The number of aromatic amines is 1. The van der Waals surface area contributed by atoms with E-state index in [0.29, 0.717) is 16.5 Å². The number of benzene rings is 1. The molecule has 62 valence electrons. The van der Waals surface area contributed by atoms with Crippen LogP contribution >= 0.6 is 0 Å². The average molecular weight is 166 g/mol. The number of hydrogen-bond acceptors (Lipinski definition) is 2.